The Morgan fingerprint density at radius 1 is 1.31 bits per heavy atom. The molecule has 1 aromatic rings. The second-order valence-corrected chi connectivity index (χ2v) is 5.85. The molecular formula is C14H19BrO. The smallest absolute Gasteiger partial charge is 0.138 e. The zero-order chi connectivity index (χ0) is 12.2. The first kappa shape index (κ1) is 13.4. The first-order valence-electron chi connectivity index (χ1n) is 5.69. The molecule has 0 bridgehead atoms. The summed E-state index contributed by atoms with van der Waals surface area (Å²) < 4.78 is 0. The maximum Gasteiger partial charge on any atom is 0.138 e. The van der Waals surface area contributed by atoms with E-state index in [2.05, 4.69) is 28.1 Å². The Morgan fingerprint density at radius 2 is 1.88 bits per heavy atom. The monoisotopic (exact) mass is 282 g/mol. The first-order valence-corrected chi connectivity index (χ1v) is 6.61. The van der Waals surface area contributed by atoms with Gasteiger partial charge in [0.1, 0.15) is 5.78 Å². The molecule has 1 nitrogen and oxygen atoms in total. The molecule has 0 N–H and O–H groups in total. The molecule has 0 aliphatic carbocycles. The summed E-state index contributed by atoms with van der Waals surface area (Å²) in [5, 5.41) is 0. The third-order valence-corrected chi connectivity index (χ3v) is 3.78. The average molecular weight is 283 g/mol. The maximum atomic E-state index is 11.8. The normalized spacial score (nSPS) is 13.5. The first-order chi connectivity index (χ1) is 7.47. The maximum absolute atomic E-state index is 11.8. The van der Waals surface area contributed by atoms with Crippen molar-refractivity contribution in [2.24, 2.45) is 5.41 Å². The summed E-state index contributed by atoms with van der Waals surface area (Å²) in [6.45, 7) is 5.97. The van der Waals surface area contributed by atoms with Crippen LogP contribution in [0.2, 0.25) is 0 Å². The van der Waals surface area contributed by atoms with E-state index in [4.69, 9.17) is 0 Å². The van der Waals surface area contributed by atoms with Crippen LogP contribution >= 0.6 is 15.9 Å². The molecular weight excluding hydrogens is 264 g/mol. The minimum Gasteiger partial charge on any atom is -0.299 e. The van der Waals surface area contributed by atoms with Crippen molar-refractivity contribution in [3.05, 3.63) is 35.9 Å². The highest BCUT2D eigenvalue weighted by molar-refractivity contribution is 9.09. The van der Waals surface area contributed by atoms with Gasteiger partial charge in [-0.2, -0.15) is 0 Å². The fourth-order valence-corrected chi connectivity index (χ4v) is 2.93. The fraction of sp³-hybridized carbons (Fsp3) is 0.500. The van der Waals surface area contributed by atoms with Crippen molar-refractivity contribution >= 4 is 21.7 Å². The van der Waals surface area contributed by atoms with Crippen molar-refractivity contribution in [1.29, 1.82) is 0 Å². The summed E-state index contributed by atoms with van der Waals surface area (Å²) in [6.07, 6.45) is 1.45. The Labute approximate surface area is 106 Å². The van der Waals surface area contributed by atoms with Crippen LogP contribution in [0.4, 0.5) is 0 Å². The molecule has 88 valence electrons. The van der Waals surface area contributed by atoms with Crippen molar-refractivity contribution in [3.8, 4) is 0 Å². The minimum absolute atomic E-state index is 0.249. The van der Waals surface area contributed by atoms with E-state index in [-0.39, 0.29) is 10.2 Å². The predicted octanol–water partition coefficient (Wildman–Crippen LogP) is 4.52. The Kier molecular flexibility index (Phi) is 4.72. The van der Waals surface area contributed by atoms with E-state index in [1.165, 1.54) is 5.56 Å². The van der Waals surface area contributed by atoms with E-state index in [1.54, 1.807) is 0 Å². The van der Waals surface area contributed by atoms with Crippen LogP contribution in [0.3, 0.4) is 0 Å². The van der Waals surface area contributed by atoms with Crippen LogP contribution in [0, 0.1) is 5.41 Å². The number of Topliss-reactive ketones (excluding diaryl/α,β-unsaturated/α-hetero) is 1. The third kappa shape index (κ3) is 3.44. The number of ketones is 1. The van der Waals surface area contributed by atoms with E-state index < -0.39 is 0 Å². The van der Waals surface area contributed by atoms with Gasteiger partial charge in [-0.05, 0) is 12.0 Å². The average Bonchev–Trinajstić information content (AvgIpc) is 2.28. The zero-order valence-corrected chi connectivity index (χ0v) is 11.8. The van der Waals surface area contributed by atoms with Crippen molar-refractivity contribution in [2.45, 2.75) is 38.4 Å². The van der Waals surface area contributed by atoms with Gasteiger partial charge in [-0.15, -0.1) is 0 Å². The molecule has 0 heterocycles. The number of rotatable bonds is 5. The van der Waals surface area contributed by atoms with Crippen molar-refractivity contribution in [1.82, 2.24) is 0 Å². The van der Waals surface area contributed by atoms with Gasteiger partial charge in [0.15, 0.2) is 0 Å². The number of hydrogen-bond donors (Lipinski definition) is 0. The lowest BCUT2D eigenvalue weighted by Gasteiger charge is -2.25. The highest BCUT2D eigenvalue weighted by Crippen LogP contribution is 2.36. The predicted molar refractivity (Wildman–Crippen MR) is 71.8 cm³/mol. The number of hydrogen-bond acceptors (Lipinski definition) is 1. The molecule has 0 fully saturated rings. The Balaban J connectivity index is 2.71. The van der Waals surface area contributed by atoms with Gasteiger partial charge in [-0.1, -0.05) is 67.0 Å². The third-order valence-electron chi connectivity index (χ3n) is 2.93. The molecule has 0 radical (unpaired) electrons. The Morgan fingerprint density at radius 3 is 2.38 bits per heavy atom. The van der Waals surface area contributed by atoms with Gasteiger partial charge < -0.3 is 0 Å². The molecule has 0 spiro atoms. The van der Waals surface area contributed by atoms with Crippen LogP contribution < -0.4 is 0 Å². The van der Waals surface area contributed by atoms with E-state index >= 15 is 0 Å². The minimum atomic E-state index is -0.251. The fourth-order valence-electron chi connectivity index (χ4n) is 1.82. The van der Waals surface area contributed by atoms with E-state index in [9.17, 15) is 4.79 Å². The van der Waals surface area contributed by atoms with Crippen molar-refractivity contribution in [2.75, 3.05) is 0 Å². The lowest BCUT2D eigenvalue weighted by Crippen LogP contribution is -2.24. The van der Waals surface area contributed by atoms with Crippen LogP contribution in [-0.4, -0.2) is 5.78 Å². The molecule has 0 saturated heterocycles. The van der Waals surface area contributed by atoms with Crippen LogP contribution in [0.25, 0.3) is 0 Å². The second-order valence-electron chi connectivity index (χ2n) is 4.74. The zero-order valence-electron chi connectivity index (χ0n) is 10.2. The number of carbonyl (C=O) groups excluding carboxylic acids is 1. The van der Waals surface area contributed by atoms with Gasteiger partial charge in [-0.25, -0.2) is 0 Å². The highest BCUT2D eigenvalue weighted by atomic mass is 79.9. The molecule has 2 heteroatoms. The van der Waals surface area contributed by atoms with Gasteiger partial charge in [0.05, 0.1) is 0 Å². The topological polar surface area (TPSA) is 17.1 Å². The number of carbonyl (C=O) groups is 1. The van der Waals surface area contributed by atoms with E-state index in [1.807, 2.05) is 39.0 Å². The Bertz CT molecular complexity index is 343. The van der Waals surface area contributed by atoms with Crippen LogP contribution in [0.1, 0.15) is 44.0 Å². The van der Waals surface area contributed by atoms with Gasteiger partial charge >= 0.3 is 0 Å². The van der Waals surface area contributed by atoms with Gasteiger partial charge in [0.25, 0.3) is 0 Å². The second kappa shape index (κ2) is 5.62. The van der Waals surface area contributed by atoms with Crippen LogP contribution in [-0.2, 0) is 4.79 Å². The van der Waals surface area contributed by atoms with Gasteiger partial charge in [-0.3, -0.25) is 4.79 Å². The van der Waals surface area contributed by atoms with Gasteiger partial charge in [0, 0.05) is 16.7 Å². The lowest BCUT2D eigenvalue weighted by molar-refractivity contribution is -0.127. The largest absolute Gasteiger partial charge is 0.299 e. The van der Waals surface area contributed by atoms with Crippen molar-refractivity contribution in [3.63, 3.8) is 0 Å². The van der Waals surface area contributed by atoms with Crippen molar-refractivity contribution < 1.29 is 4.79 Å². The van der Waals surface area contributed by atoms with E-state index in [0.29, 0.717) is 12.2 Å². The Hall–Kier alpha value is -0.630. The quantitative estimate of drug-likeness (QED) is 0.726. The standard InChI is InChI=1S/C14H19BrO/c1-4-13(16)14(2,3)10-12(15)11-8-6-5-7-9-11/h5-9,12H,4,10H2,1-3H3. The SMILES string of the molecule is CCC(=O)C(C)(C)CC(Br)c1ccccc1. The molecule has 0 aliphatic heterocycles. The molecule has 1 unspecified atom stereocenters. The molecule has 1 aromatic carbocycles. The number of benzene rings is 1. The van der Waals surface area contributed by atoms with Gasteiger partial charge in [0.2, 0.25) is 0 Å². The number of halogens is 1. The summed E-state index contributed by atoms with van der Waals surface area (Å²) >= 11 is 3.67. The van der Waals surface area contributed by atoms with Crippen LogP contribution in [0.5, 0.6) is 0 Å². The lowest BCUT2D eigenvalue weighted by atomic mass is 9.81. The molecule has 0 aromatic heterocycles. The summed E-state index contributed by atoms with van der Waals surface area (Å²) in [6, 6.07) is 10.2. The molecule has 0 amide bonds. The summed E-state index contributed by atoms with van der Waals surface area (Å²) in [5.41, 5.74) is 0.984. The highest BCUT2D eigenvalue weighted by Gasteiger charge is 2.28. The summed E-state index contributed by atoms with van der Waals surface area (Å²) in [5.74, 6) is 0.327. The summed E-state index contributed by atoms with van der Waals surface area (Å²) in [4.78, 5) is 12.0. The molecule has 0 aliphatic rings. The molecule has 1 atom stereocenters. The van der Waals surface area contributed by atoms with Crippen LogP contribution in [0.15, 0.2) is 30.3 Å². The molecule has 16 heavy (non-hydrogen) atoms. The molecule has 0 saturated carbocycles. The van der Waals surface area contributed by atoms with E-state index in [0.717, 1.165) is 6.42 Å². The number of alkyl halides is 1. The molecule has 1 rings (SSSR count). The summed E-state index contributed by atoms with van der Waals surface area (Å²) in [7, 11) is 0.